The summed E-state index contributed by atoms with van der Waals surface area (Å²) in [6.45, 7) is 0. The number of pyridine rings is 1. The molecular formula is C17H14F2N6. The average Bonchev–Trinajstić information content (AvgIpc) is 2.60. The van der Waals surface area contributed by atoms with Gasteiger partial charge in [0.1, 0.15) is 23.6 Å². The van der Waals surface area contributed by atoms with E-state index in [0.29, 0.717) is 22.9 Å². The number of nitrogens with two attached hydrogens (primary N) is 1. The highest BCUT2D eigenvalue weighted by Gasteiger charge is 2.52. The molecule has 0 aliphatic heterocycles. The summed E-state index contributed by atoms with van der Waals surface area (Å²) >= 11 is 0. The van der Waals surface area contributed by atoms with E-state index < -0.39 is 17.4 Å². The molecule has 0 unspecified atom stereocenters. The Morgan fingerprint density at radius 1 is 1.04 bits per heavy atom. The number of hydrogen-bond acceptors (Lipinski definition) is 6. The van der Waals surface area contributed by atoms with Gasteiger partial charge in [-0.05, 0) is 37.1 Å². The van der Waals surface area contributed by atoms with E-state index in [-0.39, 0.29) is 18.5 Å². The van der Waals surface area contributed by atoms with E-state index in [1.807, 2.05) is 0 Å². The molecule has 126 valence electrons. The summed E-state index contributed by atoms with van der Waals surface area (Å²) in [5, 5.41) is 7.76. The van der Waals surface area contributed by atoms with Crippen molar-refractivity contribution in [3.8, 4) is 11.3 Å². The number of halogens is 2. The van der Waals surface area contributed by atoms with Crippen molar-refractivity contribution in [2.45, 2.75) is 24.4 Å². The van der Waals surface area contributed by atoms with E-state index in [2.05, 4.69) is 25.1 Å². The molecule has 6 nitrogen and oxygen atoms in total. The first-order chi connectivity index (χ1) is 12.1. The zero-order valence-corrected chi connectivity index (χ0v) is 13.1. The first-order valence-corrected chi connectivity index (χ1v) is 7.76. The van der Waals surface area contributed by atoms with Gasteiger partial charge in [-0.25, -0.2) is 18.7 Å². The number of nitrogen functional groups attached to an aromatic ring is 1. The smallest absolute Gasteiger partial charge is 0.146 e. The first-order valence-electron chi connectivity index (χ1n) is 7.76. The summed E-state index contributed by atoms with van der Waals surface area (Å²) in [6.07, 6.45) is 3.83. The number of alkyl halides is 1. The highest BCUT2D eigenvalue weighted by molar-refractivity contribution is 5.57. The lowest BCUT2D eigenvalue weighted by molar-refractivity contribution is 0.110. The summed E-state index contributed by atoms with van der Waals surface area (Å²) in [4.78, 5) is 12.8. The molecule has 1 fully saturated rings. The topological polar surface area (TPSA) is 90.5 Å². The maximum absolute atomic E-state index is 14.2. The van der Waals surface area contributed by atoms with E-state index in [1.54, 1.807) is 24.5 Å². The third kappa shape index (κ3) is 2.59. The Morgan fingerprint density at radius 3 is 2.40 bits per heavy atom. The SMILES string of the molecule is Nc1ccc(-c2cnc(C3(c4ncccc4F)CC(F)C3)nc2)nn1. The standard InChI is InChI=1S/C17H14F2N6/c18-11-6-17(7-11,15-12(19)2-1-5-21-15)16-22-8-10(9-23-16)13-3-4-14(20)25-24-13/h1-5,8-9,11H,6-7H2,(H2,20,25). The van der Waals surface area contributed by atoms with Crippen molar-refractivity contribution in [2.24, 2.45) is 0 Å². The molecule has 25 heavy (non-hydrogen) atoms. The predicted octanol–water partition coefficient (Wildman–Crippen LogP) is 2.47. The third-order valence-corrected chi connectivity index (χ3v) is 4.41. The monoisotopic (exact) mass is 340 g/mol. The fourth-order valence-electron chi connectivity index (χ4n) is 3.12. The Hall–Kier alpha value is -3.03. The number of anilines is 1. The van der Waals surface area contributed by atoms with Gasteiger partial charge in [0.15, 0.2) is 0 Å². The van der Waals surface area contributed by atoms with Crippen molar-refractivity contribution >= 4 is 5.82 Å². The van der Waals surface area contributed by atoms with E-state index in [9.17, 15) is 8.78 Å². The summed E-state index contributed by atoms with van der Waals surface area (Å²) in [5.41, 5.74) is 5.98. The van der Waals surface area contributed by atoms with Gasteiger partial charge in [-0.3, -0.25) is 4.98 Å². The van der Waals surface area contributed by atoms with Gasteiger partial charge in [-0.2, -0.15) is 0 Å². The zero-order valence-electron chi connectivity index (χ0n) is 13.1. The van der Waals surface area contributed by atoms with Crippen LogP contribution in [0.15, 0.2) is 42.9 Å². The minimum absolute atomic E-state index is 0.113. The summed E-state index contributed by atoms with van der Waals surface area (Å²) in [6, 6.07) is 6.15. The van der Waals surface area contributed by atoms with Crippen molar-refractivity contribution < 1.29 is 8.78 Å². The lowest BCUT2D eigenvalue weighted by Crippen LogP contribution is -2.46. The maximum atomic E-state index is 14.2. The van der Waals surface area contributed by atoms with Crippen LogP contribution in [0.2, 0.25) is 0 Å². The molecule has 8 heteroatoms. The van der Waals surface area contributed by atoms with Crippen molar-refractivity contribution in [3.63, 3.8) is 0 Å². The predicted molar refractivity (Wildman–Crippen MR) is 86.6 cm³/mol. The number of aromatic nitrogens is 5. The summed E-state index contributed by atoms with van der Waals surface area (Å²) < 4.78 is 27.9. The molecule has 0 spiro atoms. The summed E-state index contributed by atoms with van der Waals surface area (Å²) in [7, 11) is 0. The van der Waals surface area contributed by atoms with Gasteiger partial charge in [0.2, 0.25) is 0 Å². The van der Waals surface area contributed by atoms with Crippen molar-refractivity contribution in [1.29, 1.82) is 0 Å². The molecule has 1 saturated carbocycles. The highest BCUT2D eigenvalue weighted by atomic mass is 19.1. The van der Waals surface area contributed by atoms with Gasteiger partial charge < -0.3 is 5.73 Å². The van der Waals surface area contributed by atoms with Gasteiger partial charge in [-0.15, -0.1) is 10.2 Å². The second-order valence-electron chi connectivity index (χ2n) is 6.06. The van der Waals surface area contributed by atoms with Crippen LogP contribution in [-0.2, 0) is 5.41 Å². The molecule has 0 aromatic carbocycles. The van der Waals surface area contributed by atoms with Crippen molar-refractivity contribution in [3.05, 3.63) is 60.2 Å². The van der Waals surface area contributed by atoms with Crippen LogP contribution in [0.5, 0.6) is 0 Å². The second-order valence-corrected chi connectivity index (χ2v) is 6.06. The maximum Gasteiger partial charge on any atom is 0.146 e. The van der Waals surface area contributed by atoms with Gasteiger partial charge >= 0.3 is 0 Å². The van der Waals surface area contributed by atoms with Crippen LogP contribution in [0.25, 0.3) is 11.3 Å². The van der Waals surface area contributed by atoms with E-state index >= 15 is 0 Å². The Bertz CT molecular complexity index is 892. The zero-order chi connectivity index (χ0) is 17.4. The molecule has 0 saturated heterocycles. The van der Waals surface area contributed by atoms with E-state index in [0.717, 1.165) is 0 Å². The molecule has 2 N–H and O–H groups in total. The minimum atomic E-state index is -1.02. The van der Waals surface area contributed by atoms with Gasteiger partial charge in [0.05, 0.1) is 16.8 Å². The normalized spacial score (nSPS) is 22.4. The number of hydrogen-bond donors (Lipinski definition) is 1. The highest BCUT2D eigenvalue weighted by Crippen LogP contribution is 2.49. The Morgan fingerprint density at radius 2 is 1.80 bits per heavy atom. The van der Waals surface area contributed by atoms with E-state index in [4.69, 9.17) is 5.73 Å². The minimum Gasteiger partial charge on any atom is -0.382 e. The van der Waals surface area contributed by atoms with Crippen molar-refractivity contribution in [1.82, 2.24) is 25.1 Å². The first kappa shape index (κ1) is 15.5. The summed E-state index contributed by atoms with van der Waals surface area (Å²) in [5.74, 6) is 0.187. The molecule has 0 radical (unpaired) electrons. The van der Waals surface area contributed by atoms with Gasteiger partial charge in [-0.1, -0.05) is 0 Å². The lowest BCUT2D eigenvalue weighted by Gasteiger charge is -2.42. The van der Waals surface area contributed by atoms with Gasteiger partial charge in [0.25, 0.3) is 0 Å². The molecule has 4 rings (SSSR count). The number of nitrogens with zero attached hydrogens (tertiary/aromatic N) is 5. The molecule has 3 aromatic heterocycles. The van der Waals surface area contributed by atoms with Crippen LogP contribution in [0.3, 0.4) is 0 Å². The van der Waals surface area contributed by atoms with Crippen LogP contribution >= 0.6 is 0 Å². The second kappa shape index (κ2) is 5.80. The quantitative estimate of drug-likeness (QED) is 0.788. The molecule has 3 aromatic rings. The molecule has 1 aliphatic rings. The van der Waals surface area contributed by atoms with E-state index in [1.165, 1.54) is 18.3 Å². The Labute approximate surface area is 142 Å². The van der Waals surface area contributed by atoms with Crippen LogP contribution in [-0.4, -0.2) is 31.3 Å². The molecule has 0 amide bonds. The molecular weight excluding hydrogens is 326 g/mol. The van der Waals surface area contributed by atoms with Crippen LogP contribution in [0, 0.1) is 5.82 Å². The molecule has 1 aliphatic carbocycles. The fourth-order valence-corrected chi connectivity index (χ4v) is 3.12. The Balaban J connectivity index is 1.72. The number of rotatable bonds is 3. The molecule has 3 heterocycles. The fraction of sp³-hybridized carbons (Fsp3) is 0.235. The average molecular weight is 340 g/mol. The van der Waals surface area contributed by atoms with Crippen LogP contribution in [0.4, 0.5) is 14.6 Å². The Kier molecular flexibility index (Phi) is 3.60. The third-order valence-electron chi connectivity index (χ3n) is 4.41. The van der Waals surface area contributed by atoms with Crippen LogP contribution < -0.4 is 5.73 Å². The molecule has 0 bridgehead atoms. The van der Waals surface area contributed by atoms with Crippen molar-refractivity contribution in [2.75, 3.05) is 5.73 Å². The van der Waals surface area contributed by atoms with Gasteiger partial charge in [0, 0.05) is 24.2 Å². The lowest BCUT2D eigenvalue weighted by atomic mass is 9.64. The largest absolute Gasteiger partial charge is 0.382 e. The van der Waals surface area contributed by atoms with Crippen LogP contribution in [0.1, 0.15) is 24.4 Å². The molecule has 0 atom stereocenters.